The van der Waals surface area contributed by atoms with Gasteiger partial charge in [0.25, 0.3) is 5.91 Å². The van der Waals surface area contributed by atoms with E-state index in [2.05, 4.69) is 37.2 Å². The highest BCUT2D eigenvalue weighted by Crippen LogP contribution is 2.38. The Bertz CT molecular complexity index is 1140. The second-order valence-electron chi connectivity index (χ2n) is 6.40. The molecule has 3 aromatic carbocycles. The molecule has 146 valence electrons. The molecule has 1 aliphatic heterocycles. The molecule has 0 unspecified atom stereocenters. The number of halogens is 4. The van der Waals surface area contributed by atoms with E-state index in [1.54, 1.807) is 12.1 Å². The lowest BCUT2D eigenvalue weighted by molar-refractivity contribution is -0.110. The Morgan fingerprint density at radius 2 is 1.72 bits per heavy atom. The van der Waals surface area contributed by atoms with Gasteiger partial charge in [-0.25, -0.2) is 0 Å². The fourth-order valence-electron chi connectivity index (χ4n) is 3.04. The van der Waals surface area contributed by atoms with Crippen LogP contribution in [0.2, 0.25) is 10.0 Å². The topological polar surface area (TPSA) is 38.3 Å². The van der Waals surface area contributed by atoms with Crippen LogP contribution in [0.25, 0.3) is 11.6 Å². The van der Waals surface area contributed by atoms with E-state index in [9.17, 15) is 4.79 Å². The summed E-state index contributed by atoms with van der Waals surface area (Å²) in [7, 11) is 0. The molecule has 3 aromatic rings. The van der Waals surface area contributed by atoms with Gasteiger partial charge in [-0.15, -0.1) is 0 Å². The molecule has 0 saturated heterocycles. The lowest BCUT2D eigenvalue weighted by Gasteiger charge is -2.12. The van der Waals surface area contributed by atoms with Gasteiger partial charge >= 0.3 is 0 Å². The Morgan fingerprint density at radius 1 is 1.00 bits per heavy atom. The van der Waals surface area contributed by atoms with E-state index in [4.69, 9.17) is 27.9 Å². The normalized spacial score (nSPS) is 14.1. The zero-order valence-electron chi connectivity index (χ0n) is 14.8. The highest BCUT2D eigenvalue weighted by atomic mass is 79.9. The van der Waals surface area contributed by atoms with Gasteiger partial charge in [0.05, 0.1) is 8.95 Å². The molecule has 1 heterocycles. The Morgan fingerprint density at radius 3 is 2.45 bits per heavy atom. The van der Waals surface area contributed by atoms with E-state index in [1.807, 2.05) is 48.5 Å². The van der Waals surface area contributed by atoms with Crippen molar-refractivity contribution in [3.05, 3.63) is 90.3 Å². The van der Waals surface area contributed by atoms with Crippen LogP contribution in [0.3, 0.4) is 0 Å². The molecule has 29 heavy (non-hydrogen) atoms. The first-order valence-corrected chi connectivity index (χ1v) is 10.9. The van der Waals surface area contributed by atoms with Crippen LogP contribution in [0.1, 0.15) is 16.7 Å². The average molecular weight is 554 g/mol. The maximum absolute atomic E-state index is 12.3. The van der Waals surface area contributed by atoms with Crippen molar-refractivity contribution in [1.82, 2.24) is 0 Å². The maximum atomic E-state index is 12.3. The van der Waals surface area contributed by atoms with Gasteiger partial charge in [0, 0.05) is 32.4 Å². The number of hydrogen-bond acceptors (Lipinski definition) is 2. The van der Waals surface area contributed by atoms with E-state index in [-0.39, 0.29) is 5.91 Å². The molecule has 0 fully saturated rings. The zero-order valence-corrected chi connectivity index (χ0v) is 19.5. The molecule has 3 nitrogen and oxygen atoms in total. The van der Waals surface area contributed by atoms with Crippen LogP contribution in [-0.4, -0.2) is 5.91 Å². The van der Waals surface area contributed by atoms with Gasteiger partial charge in [0.1, 0.15) is 12.4 Å². The second-order valence-corrected chi connectivity index (χ2v) is 8.95. The Labute approximate surface area is 194 Å². The van der Waals surface area contributed by atoms with Crippen molar-refractivity contribution in [2.75, 3.05) is 5.32 Å². The quantitative estimate of drug-likeness (QED) is 0.338. The molecule has 0 saturated carbocycles. The molecule has 1 aliphatic rings. The molecular weight excluding hydrogens is 541 g/mol. The third kappa shape index (κ3) is 4.38. The van der Waals surface area contributed by atoms with Crippen LogP contribution in [-0.2, 0) is 11.4 Å². The molecule has 1 N–H and O–H groups in total. The SMILES string of the molecule is O=C1Nc2ccccc2/C1=C/c1cc(Br)c(OCc2ccc(Cl)cc2Cl)c(Br)c1. The predicted molar refractivity (Wildman–Crippen MR) is 126 cm³/mol. The Hall–Kier alpha value is -1.79. The number of carbonyl (C=O) groups is 1. The van der Waals surface area contributed by atoms with E-state index in [1.165, 1.54) is 0 Å². The van der Waals surface area contributed by atoms with Crippen LogP contribution < -0.4 is 10.1 Å². The average Bonchev–Trinajstić information content (AvgIpc) is 2.98. The van der Waals surface area contributed by atoms with Gasteiger partial charge in [-0.1, -0.05) is 47.5 Å². The van der Waals surface area contributed by atoms with E-state index in [0.717, 1.165) is 31.3 Å². The zero-order chi connectivity index (χ0) is 20.5. The summed E-state index contributed by atoms with van der Waals surface area (Å²) in [6.45, 7) is 0.295. The Balaban J connectivity index is 1.60. The third-order valence-electron chi connectivity index (χ3n) is 4.43. The van der Waals surface area contributed by atoms with Gasteiger partial charge < -0.3 is 10.1 Å². The molecular formula is C22H13Br2Cl2NO2. The van der Waals surface area contributed by atoms with E-state index in [0.29, 0.717) is 28.0 Å². The summed E-state index contributed by atoms with van der Waals surface area (Å²) in [6.07, 6.45) is 1.86. The lowest BCUT2D eigenvalue weighted by atomic mass is 10.0. The molecule has 0 bridgehead atoms. The number of rotatable bonds is 4. The first kappa shape index (κ1) is 20.5. The molecule has 0 aliphatic carbocycles. The van der Waals surface area contributed by atoms with Gasteiger partial charge in [0.15, 0.2) is 0 Å². The summed E-state index contributed by atoms with van der Waals surface area (Å²) in [5, 5.41) is 4.01. The van der Waals surface area contributed by atoms with Gasteiger partial charge in [-0.3, -0.25) is 4.79 Å². The number of amides is 1. The minimum absolute atomic E-state index is 0.115. The summed E-state index contributed by atoms with van der Waals surface area (Å²) < 4.78 is 7.47. The van der Waals surface area contributed by atoms with Crippen molar-refractivity contribution in [2.45, 2.75) is 6.61 Å². The van der Waals surface area contributed by atoms with Crippen molar-refractivity contribution < 1.29 is 9.53 Å². The molecule has 4 rings (SSSR count). The van der Waals surface area contributed by atoms with Crippen molar-refractivity contribution >= 4 is 78.3 Å². The van der Waals surface area contributed by atoms with Crippen LogP contribution in [0, 0.1) is 0 Å². The van der Waals surface area contributed by atoms with Crippen LogP contribution >= 0.6 is 55.1 Å². The molecule has 0 atom stereocenters. The number of fused-ring (bicyclic) bond motifs is 1. The van der Waals surface area contributed by atoms with Crippen molar-refractivity contribution in [3.8, 4) is 5.75 Å². The van der Waals surface area contributed by atoms with Gasteiger partial charge in [-0.2, -0.15) is 0 Å². The number of nitrogens with one attached hydrogen (secondary N) is 1. The largest absolute Gasteiger partial charge is 0.486 e. The number of anilines is 1. The number of para-hydroxylation sites is 1. The number of carbonyl (C=O) groups excluding carboxylic acids is 1. The van der Waals surface area contributed by atoms with Crippen molar-refractivity contribution in [2.24, 2.45) is 0 Å². The standard InChI is InChI=1S/C22H13Br2Cl2NO2/c23-17-8-12(7-16-15-3-1-2-4-20(15)27-22(16)28)9-18(24)21(17)29-11-13-5-6-14(25)10-19(13)26/h1-10H,11H2,(H,27,28)/b16-7-. The molecule has 7 heteroatoms. The third-order valence-corrected chi connectivity index (χ3v) is 6.19. The summed E-state index contributed by atoms with van der Waals surface area (Å²) in [5.74, 6) is 0.533. The molecule has 0 radical (unpaired) electrons. The van der Waals surface area contributed by atoms with E-state index < -0.39 is 0 Å². The van der Waals surface area contributed by atoms with Crippen molar-refractivity contribution in [3.63, 3.8) is 0 Å². The Kier molecular flexibility index (Phi) is 6.02. The minimum atomic E-state index is -0.115. The first-order chi connectivity index (χ1) is 13.9. The summed E-state index contributed by atoms with van der Waals surface area (Å²) in [4.78, 5) is 12.3. The summed E-state index contributed by atoms with van der Waals surface area (Å²) in [6, 6.07) is 16.7. The van der Waals surface area contributed by atoms with Crippen molar-refractivity contribution in [1.29, 1.82) is 0 Å². The lowest BCUT2D eigenvalue weighted by Crippen LogP contribution is -2.03. The van der Waals surface area contributed by atoms with Crippen LogP contribution in [0.4, 0.5) is 5.69 Å². The monoisotopic (exact) mass is 551 g/mol. The number of hydrogen-bond donors (Lipinski definition) is 1. The number of benzene rings is 3. The molecule has 1 amide bonds. The molecule has 0 aromatic heterocycles. The summed E-state index contributed by atoms with van der Waals surface area (Å²) >= 11 is 19.3. The highest BCUT2D eigenvalue weighted by Gasteiger charge is 2.23. The van der Waals surface area contributed by atoms with Crippen LogP contribution in [0.5, 0.6) is 5.75 Å². The molecule has 0 spiro atoms. The minimum Gasteiger partial charge on any atom is -0.486 e. The van der Waals surface area contributed by atoms with Gasteiger partial charge in [0.2, 0.25) is 0 Å². The maximum Gasteiger partial charge on any atom is 0.256 e. The number of ether oxygens (including phenoxy) is 1. The van der Waals surface area contributed by atoms with Gasteiger partial charge in [-0.05, 0) is 73.8 Å². The fraction of sp³-hybridized carbons (Fsp3) is 0.0455. The highest BCUT2D eigenvalue weighted by molar-refractivity contribution is 9.11. The van der Waals surface area contributed by atoms with E-state index >= 15 is 0 Å². The summed E-state index contributed by atoms with van der Waals surface area (Å²) in [5.41, 5.74) is 4.04. The van der Waals surface area contributed by atoms with Crippen LogP contribution in [0.15, 0.2) is 63.5 Å². The smallest absolute Gasteiger partial charge is 0.256 e. The second kappa shape index (κ2) is 8.52. The fourth-order valence-corrected chi connectivity index (χ4v) is 4.95. The first-order valence-electron chi connectivity index (χ1n) is 8.60. The predicted octanol–water partition coefficient (Wildman–Crippen LogP) is 7.59.